The van der Waals surface area contributed by atoms with Crippen molar-refractivity contribution in [2.45, 2.75) is 57.2 Å². The lowest BCUT2D eigenvalue weighted by Crippen LogP contribution is -2.40. The molecule has 1 atom stereocenters. The molecule has 1 amide bonds. The summed E-state index contributed by atoms with van der Waals surface area (Å²) >= 11 is 0. The number of hydrogen-bond acceptors (Lipinski definition) is 7. The van der Waals surface area contributed by atoms with Crippen molar-refractivity contribution in [1.82, 2.24) is 25.1 Å². The van der Waals surface area contributed by atoms with Crippen molar-refractivity contribution in [1.29, 1.82) is 0 Å². The van der Waals surface area contributed by atoms with Crippen LogP contribution in [0.2, 0.25) is 0 Å². The van der Waals surface area contributed by atoms with E-state index in [4.69, 9.17) is 15.6 Å². The van der Waals surface area contributed by atoms with Gasteiger partial charge < -0.3 is 15.8 Å². The summed E-state index contributed by atoms with van der Waals surface area (Å²) in [7, 11) is 0. The van der Waals surface area contributed by atoms with Crippen LogP contribution in [-0.4, -0.2) is 44.1 Å². The number of nitrogens with one attached hydrogen (secondary N) is 1. The summed E-state index contributed by atoms with van der Waals surface area (Å²) in [6, 6.07) is 8.21. The topological polar surface area (TPSA) is 125 Å². The van der Waals surface area contributed by atoms with Crippen LogP contribution in [0.5, 0.6) is 0 Å². The van der Waals surface area contributed by atoms with Crippen molar-refractivity contribution in [3.05, 3.63) is 36.2 Å². The fourth-order valence-electron chi connectivity index (χ4n) is 4.53. The molecule has 32 heavy (non-hydrogen) atoms. The Morgan fingerprint density at radius 3 is 2.66 bits per heavy atom. The molecular weight excluding hydrogens is 408 g/mol. The molecule has 1 aliphatic heterocycles. The van der Waals surface area contributed by atoms with Crippen LogP contribution in [0.4, 0.5) is 5.82 Å². The molecule has 2 aromatic heterocycles. The third-order valence-electron chi connectivity index (χ3n) is 6.31. The van der Waals surface area contributed by atoms with Crippen LogP contribution in [0.25, 0.3) is 22.3 Å². The van der Waals surface area contributed by atoms with Gasteiger partial charge >= 0.3 is 0 Å². The minimum atomic E-state index is -0.555. The molecule has 0 bridgehead atoms. The number of ketones is 1. The standard InChI is InChI=1S/C23H26N6O3/c24-21-19-20(28-29(16-3-1-2-4-16)22(19)27-13-26-21)15-7-5-14(6-8-15)11-25-23(31)18-10-9-17(30)12-32-18/h5-8,13,16,18H,1-4,9-12H2,(H,25,31)(H2,24,26,27). The van der Waals surface area contributed by atoms with E-state index in [0.29, 0.717) is 31.2 Å². The van der Waals surface area contributed by atoms with Crippen LogP contribution in [0.15, 0.2) is 30.6 Å². The number of carbonyl (C=O) groups is 2. The number of ether oxygens (including phenoxy) is 1. The molecule has 2 aliphatic rings. The first-order valence-corrected chi connectivity index (χ1v) is 11.1. The predicted octanol–water partition coefficient (Wildman–Crippen LogP) is 2.55. The van der Waals surface area contributed by atoms with E-state index in [1.54, 1.807) is 0 Å². The molecule has 2 fully saturated rings. The van der Waals surface area contributed by atoms with Gasteiger partial charge in [0.05, 0.1) is 11.4 Å². The molecular formula is C23H26N6O3. The summed E-state index contributed by atoms with van der Waals surface area (Å²) in [5, 5.41) is 8.56. The first kappa shape index (κ1) is 20.6. The number of hydrogen-bond donors (Lipinski definition) is 2. The highest BCUT2D eigenvalue weighted by Crippen LogP contribution is 2.36. The molecule has 5 rings (SSSR count). The minimum absolute atomic E-state index is 0.0150. The lowest BCUT2D eigenvalue weighted by Gasteiger charge is -2.21. The number of nitrogens with zero attached hydrogens (tertiary/aromatic N) is 4. The number of anilines is 1. The average molecular weight is 435 g/mol. The van der Waals surface area contributed by atoms with Crippen LogP contribution in [0.1, 0.15) is 50.1 Å². The van der Waals surface area contributed by atoms with Crippen molar-refractivity contribution < 1.29 is 14.3 Å². The largest absolute Gasteiger partial charge is 0.383 e. The molecule has 1 unspecified atom stereocenters. The summed E-state index contributed by atoms with van der Waals surface area (Å²) in [5.74, 6) is 0.280. The van der Waals surface area contributed by atoms with Crippen LogP contribution < -0.4 is 11.1 Å². The summed E-state index contributed by atoms with van der Waals surface area (Å²) in [6.45, 7) is 0.399. The maximum atomic E-state index is 12.3. The highest BCUT2D eigenvalue weighted by atomic mass is 16.5. The van der Waals surface area contributed by atoms with Crippen molar-refractivity contribution >= 4 is 28.5 Å². The number of rotatable bonds is 5. The van der Waals surface area contributed by atoms with E-state index in [-0.39, 0.29) is 18.3 Å². The van der Waals surface area contributed by atoms with Gasteiger partial charge in [-0.25, -0.2) is 14.6 Å². The van der Waals surface area contributed by atoms with Gasteiger partial charge in [-0.1, -0.05) is 37.1 Å². The molecule has 0 spiro atoms. The third-order valence-corrected chi connectivity index (χ3v) is 6.31. The van der Waals surface area contributed by atoms with Gasteiger partial charge in [-0.15, -0.1) is 0 Å². The van der Waals surface area contributed by atoms with Crippen LogP contribution in [-0.2, 0) is 20.9 Å². The van der Waals surface area contributed by atoms with E-state index < -0.39 is 6.10 Å². The molecule has 1 aromatic carbocycles. The summed E-state index contributed by atoms with van der Waals surface area (Å²) in [5.41, 5.74) is 9.65. The predicted molar refractivity (Wildman–Crippen MR) is 119 cm³/mol. The van der Waals surface area contributed by atoms with Crippen molar-refractivity contribution in [2.75, 3.05) is 12.3 Å². The van der Waals surface area contributed by atoms with Gasteiger partial charge in [-0.3, -0.25) is 9.59 Å². The molecule has 1 aliphatic carbocycles. The number of aromatic nitrogens is 4. The van der Waals surface area contributed by atoms with E-state index in [2.05, 4.69) is 15.3 Å². The van der Waals surface area contributed by atoms with E-state index >= 15 is 0 Å². The summed E-state index contributed by atoms with van der Waals surface area (Å²) in [4.78, 5) is 32.2. The van der Waals surface area contributed by atoms with Crippen molar-refractivity contribution in [2.24, 2.45) is 0 Å². The number of nitrogen functional groups attached to an aromatic ring is 1. The number of amides is 1. The van der Waals surface area contributed by atoms with Gasteiger partial charge in [0.25, 0.3) is 0 Å². The van der Waals surface area contributed by atoms with Crippen molar-refractivity contribution in [3.63, 3.8) is 0 Å². The Balaban J connectivity index is 1.34. The quantitative estimate of drug-likeness (QED) is 0.632. The van der Waals surface area contributed by atoms with Crippen LogP contribution in [0.3, 0.4) is 0 Å². The maximum Gasteiger partial charge on any atom is 0.249 e. The molecule has 3 aromatic rings. The van der Waals surface area contributed by atoms with E-state index in [1.807, 2.05) is 28.9 Å². The van der Waals surface area contributed by atoms with Gasteiger partial charge in [0.1, 0.15) is 30.5 Å². The number of benzene rings is 1. The molecule has 3 N–H and O–H groups in total. The van der Waals surface area contributed by atoms with E-state index in [9.17, 15) is 9.59 Å². The number of fused-ring (bicyclic) bond motifs is 1. The Kier molecular flexibility index (Phi) is 5.57. The second-order valence-electron chi connectivity index (χ2n) is 8.48. The van der Waals surface area contributed by atoms with Gasteiger partial charge in [0, 0.05) is 18.5 Å². The Hall–Kier alpha value is -3.33. The third kappa shape index (κ3) is 3.95. The summed E-state index contributed by atoms with van der Waals surface area (Å²) < 4.78 is 7.33. The highest BCUT2D eigenvalue weighted by molar-refractivity contribution is 5.98. The van der Waals surface area contributed by atoms with Crippen LogP contribution >= 0.6 is 0 Å². The normalized spacial score (nSPS) is 19.5. The van der Waals surface area contributed by atoms with E-state index in [0.717, 1.165) is 40.7 Å². The fourth-order valence-corrected chi connectivity index (χ4v) is 4.53. The lowest BCUT2D eigenvalue weighted by atomic mass is 10.1. The van der Waals surface area contributed by atoms with Gasteiger partial charge in [-0.05, 0) is 24.8 Å². The average Bonchev–Trinajstić information content (AvgIpc) is 3.47. The molecule has 1 saturated carbocycles. The second-order valence-corrected chi connectivity index (χ2v) is 8.48. The molecule has 166 valence electrons. The first-order chi connectivity index (χ1) is 15.6. The maximum absolute atomic E-state index is 12.3. The minimum Gasteiger partial charge on any atom is -0.383 e. The molecule has 3 heterocycles. The Morgan fingerprint density at radius 1 is 1.16 bits per heavy atom. The monoisotopic (exact) mass is 434 g/mol. The zero-order chi connectivity index (χ0) is 22.1. The number of nitrogens with two attached hydrogens (primary N) is 1. The zero-order valence-corrected chi connectivity index (χ0v) is 17.8. The second kappa shape index (κ2) is 8.66. The van der Waals surface area contributed by atoms with Gasteiger partial charge in [-0.2, -0.15) is 5.10 Å². The first-order valence-electron chi connectivity index (χ1n) is 11.1. The van der Waals surface area contributed by atoms with Crippen molar-refractivity contribution in [3.8, 4) is 11.3 Å². The van der Waals surface area contributed by atoms with Crippen LogP contribution in [0, 0.1) is 0 Å². The summed E-state index contributed by atoms with van der Waals surface area (Å²) in [6.07, 6.45) is 6.35. The van der Waals surface area contributed by atoms with Gasteiger partial charge in [0.2, 0.25) is 5.91 Å². The zero-order valence-electron chi connectivity index (χ0n) is 17.8. The Labute approximate surface area is 185 Å². The molecule has 9 heteroatoms. The SMILES string of the molecule is Nc1ncnc2c1c(-c1ccc(CNC(=O)C3CCC(=O)CO3)cc1)nn2C1CCCC1. The Morgan fingerprint density at radius 2 is 1.94 bits per heavy atom. The smallest absolute Gasteiger partial charge is 0.249 e. The number of Topliss-reactive ketones (excluding diaryl/α,β-unsaturated/α-hetero) is 1. The molecule has 9 nitrogen and oxygen atoms in total. The lowest BCUT2D eigenvalue weighted by molar-refractivity contribution is -0.142. The van der Waals surface area contributed by atoms with E-state index in [1.165, 1.54) is 19.2 Å². The molecule has 1 saturated heterocycles. The van der Waals surface area contributed by atoms with Gasteiger partial charge in [0.15, 0.2) is 11.4 Å². The Bertz CT molecular complexity index is 1140. The highest BCUT2D eigenvalue weighted by Gasteiger charge is 2.26. The number of carbonyl (C=O) groups excluding carboxylic acids is 2. The fraction of sp³-hybridized carbons (Fsp3) is 0.435. The molecule has 0 radical (unpaired) electrons.